The van der Waals surface area contributed by atoms with Crippen LogP contribution in [0.4, 0.5) is 0 Å². The number of ketones is 1. The quantitative estimate of drug-likeness (QED) is 0.636. The van der Waals surface area contributed by atoms with E-state index in [1.807, 2.05) is 27.7 Å². The summed E-state index contributed by atoms with van der Waals surface area (Å²) >= 11 is 0. The summed E-state index contributed by atoms with van der Waals surface area (Å²) in [5.74, 6) is 0.379. The summed E-state index contributed by atoms with van der Waals surface area (Å²) in [5.41, 5.74) is 0. The summed E-state index contributed by atoms with van der Waals surface area (Å²) in [4.78, 5) is 24.8. The van der Waals surface area contributed by atoms with E-state index in [0.29, 0.717) is 32.4 Å². The van der Waals surface area contributed by atoms with Crippen molar-refractivity contribution in [3.05, 3.63) is 0 Å². The summed E-state index contributed by atoms with van der Waals surface area (Å²) in [5, 5.41) is 0. The first-order valence-corrected chi connectivity index (χ1v) is 6.72. The van der Waals surface area contributed by atoms with Crippen LogP contribution >= 0.6 is 0 Å². The molecule has 4 heteroatoms. The Balaban J connectivity index is 3.71. The van der Waals surface area contributed by atoms with E-state index in [4.69, 9.17) is 4.74 Å². The predicted molar refractivity (Wildman–Crippen MR) is 72.4 cm³/mol. The number of Topliss-reactive ketones (excluding diaryl/α,β-unsaturated/α-hetero) is 1. The van der Waals surface area contributed by atoms with Crippen molar-refractivity contribution in [2.75, 3.05) is 20.2 Å². The molecule has 0 aliphatic carbocycles. The molecule has 1 amide bonds. The van der Waals surface area contributed by atoms with Gasteiger partial charge in [-0.25, -0.2) is 0 Å². The molecule has 0 aliphatic rings. The van der Waals surface area contributed by atoms with E-state index in [1.54, 1.807) is 11.9 Å². The Morgan fingerprint density at radius 2 is 1.72 bits per heavy atom. The third-order valence-corrected chi connectivity index (χ3v) is 2.76. The monoisotopic (exact) mass is 257 g/mol. The lowest BCUT2D eigenvalue weighted by atomic mass is 10.0. The number of hydrogen-bond acceptors (Lipinski definition) is 3. The Morgan fingerprint density at radius 3 is 2.22 bits per heavy atom. The van der Waals surface area contributed by atoms with Gasteiger partial charge >= 0.3 is 0 Å². The van der Waals surface area contributed by atoms with Gasteiger partial charge in [-0.3, -0.25) is 9.59 Å². The van der Waals surface area contributed by atoms with Crippen LogP contribution in [0.25, 0.3) is 0 Å². The molecular weight excluding hydrogens is 230 g/mol. The Labute approximate surface area is 111 Å². The zero-order valence-electron chi connectivity index (χ0n) is 12.4. The second-order valence-electron chi connectivity index (χ2n) is 5.21. The Morgan fingerprint density at radius 1 is 1.11 bits per heavy atom. The predicted octanol–water partition coefficient (Wildman–Crippen LogP) is 2.27. The highest BCUT2D eigenvalue weighted by molar-refractivity contribution is 5.81. The first-order chi connectivity index (χ1) is 8.34. The number of nitrogens with zero attached hydrogens (tertiary/aromatic N) is 1. The number of carbonyl (C=O) groups excluding carboxylic acids is 2. The molecule has 0 unspecified atom stereocenters. The molecule has 0 heterocycles. The van der Waals surface area contributed by atoms with E-state index in [9.17, 15) is 9.59 Å². The Hall–Kier alpha value is -0.900. The van der Waals surface area contributed by atoms with E-state index in [1.165, 1.54) is 0 Å². The van der Waals surface area contributed by atoms with E-state index in [-0.39, 0.29) is 23.7 Å². The minimum Gasteiger partial charge on any atom is -0.377 e. The molecule has 18 heavy (non-hydrogen) atoms. The number of rotatable bonds is 9. The van der Waals surface area contributed by atoms with Crippen LogP contribution in [-0.2, 0) is 14.3 Å². The second kappa shape index (κ2) is 9.09. The number of amides is 1. The summed E-state index contributed by atoms with van der Waals surface area (Å²) < 4.78 is 5.39. The van der Waals surface area contributed by atoms with Crippen molar-refractivity contribution in [1.82, 2.24) is 4.90 Å². The highest BCUT2D eigenvalue weighted by Crippen LogP contribution is 2.05. The molecule has 0 radical (unpaired) electrons. The number of likely N-dealkylation sites (N-methyl/N-ethyl adjacent to an activating group) is 1. The van der Waals surface area contributed by atoms with Crippen LogP contribution in [0, 0.1) is 5.92 Å². The van der Waals surface area contributed by atoms with Crippen LogP contribution in [0.2, 0.25) is 0 Å². The molecule has 0 saturated heterocycles. The highest BCUT2D eigenvalue weighted by atomic mass is 16.5. The van der Waals surface area contributed by atoms with Gasteiger partial charge in [-0.1, -0.05) is 13.8 Å². The molecule has 0 bridgehead atoms. The van der Waals surface area contributed by atoms with Crippen molar-refractivity contribution in [2.24, 2.45) is 5.92 Å². The van der Waals surface area contributed by atoms with E-state index in [2.05, 4.69) is 0 Å². The number of hydrogen-bond donors (Lipinski definition) is 0. The molecule has 4 nitrogen and oxygen atoms in total. The molecule has 0 aromatic heterocycles. The smallest absolute Gasteiger partial charge is 0.222 e. The fourth-order valence-corrected chi connectivity index (χ4v) is 1.44. The minimum atomic E-state index is 0.0669. The normalized spacial score (nSPS) is 11.1. The minimum absolute atomic E-state index is 0.0669. The number of carbonyl (C=O) groups is 2. The van der Waals surface area contributed by atoms with Gasteiger partial charge in [-0.05, 0) is 20.3 Å². The summed E-state index contributed by atoms with van der Waals surface area (Å²) in [6.07, 6.45) is 1.78. The number of ether oxygens (including phenoxy) is 1. The fraction of sp³-hybridized carbons (Fsp3) is 0.857. The second-order valence-corrected chi connectivity index (χ2v) is 5.21. The van der Waals surface area contributed by atoms with Gasteiger partial charge in [0.1, 0.15) is 5.78 Å². The fourth-order valence-electron chi connectivity index (χ4n) is 1.44. The molecule has 0 fully saturated rings. The Kier molecular flexibility index (Phi) is 8.63. The van der Waals surface area contributed by atoms with E-state index < -0.39 is 0 Å². The summed E-state index contributed by atoms with van der Waals surface area (Å²) in [6, 6.07) is 0. The average molecular weight is 257 g/mol. The van der Waals surface area contributed by atoms with Gasteiger partial charge in [-0.2, -0.15) is 0 Å². The van der Waals surface area contributed by atoms with Gasteiger partial charge in [0.05, 0.1) is 12.7 Å². The van der Waals surface area contributed by atoms with Crippen LogP contribution < -0.4 is 0 Å². The van der Waals surface area contributed by atoms with E-state index >= 15 is 0 Å². The first kappa shape index (κ1) is 17.1. The van der Waals surface area contributed by atoms with Gasteiger partial charge in [0.25, 0.3) is 0 Å². The van der Waals surface area contributed by atoms with Crippen molar-refractivity contribution < 1.29 is 14.3 Å². The first-order valence-electron chi connectivity index (χ1n) is 6.72. The molecule has 0 aromatic rings. The van der Waals surface area contributed by atoms with Crippen molar-refractivity contribution in [1.29, 1.82) is 0 Å². The Bertz CT molecular complexity index is 262. The van der Waals surface area contributed by atoms with Gasteiger partial charge in [0, 0.05) is 32.4 Å². The highest BCUT2D eigenvalue weighted by Gasteiger charge is 2.11. The molecule has 0 atom stereocenters. The van der Waals surface area contributed by atoms with Crippen LogP contribution in [0.15, 0.2) is 0 Å². The third-order valence-electron chi connectivity index (χ3n) is 2.76. The molecule has 0 N–H and O–H groups in total. The molecule has 0 aromatic carbocycles. The zero-order valence-corrected chi connectivity index (χ0v) is 12.4. The summed E-state index contributed by atoms with van der Waals surface area (Å²) in [7, 11) is 1.77. The van der Waals surface area contributed by atoms with Crippen molar-refractivity contribution in [3.8, 4) is 0 Å². The molecule has 0 aliphatic heterocycles. The molecule has 106 valence electrons. The topological polar surface area (TPSA) is 46.6 Å². The van der Waals surface area contributed by atoms with Gasteiger partial charge in [-0.15, -0.1) is 0 Å². The SMILES string of the molecule is CC(C)OCCN(C)C(=O)CCCC(=O)C(C)C. The van der Waals surface area contributed by atoms with Crippen LogP contribution in [0.5, 0.6) is 0 Å². The molecule has 0 rings (SSSR count). The molecule has 0 saturated carbocycles. The van der Waals surface area contributed by atoms with E-state index in [0.717, 1.165) is 0 Å². The lowest BCUT2D eigenvalue weighted by molar-refractivity contribution is -0.131. The standard InChI is InChI=1S/C14H27NO3/c1-11(2)13(16)7-6-8-14(17)15(5)9-10-18-12(3)4/h11-12H,6-10H2,1-5H3. The van der Waals surface area contributed by atoms with Crippen LogP contribution in [0.1, 0.15) is 47.0 Å². The maximum absolute atomic E-state index is 11.7. The van der Waals surface area contributed by atoms with Crippen molar-refractivity contribution in [2.45, 2.75) is 53.1 Å². The van der Waals surface area contributed by atoms with Crippen molar-refractivity contribution >= 4 is 11.7 Å². The molecule has 0 spiro atoms. The molecular formula is C14H27NO3. The van der Waals surface area contributed by atoms with Crippen LogP contribution in [-0.4, -0.2) is 42.9 Å². The lowest BCUT2D eigenvalue weighted by Gasteiger charge is -2.18. The van der Waals surface area contributed by atoms with Gasteiger partial charge < -0.3 is 9.64 Å². The average Bonchev–Trinajstić information content (AvgIpc) is 2.27. The van der Waals surface area contributed by atoms with Crippen molar-refractivity contribution in [3.63, 3.8) is 0 Å². The largest absolute Gasteiger partial charge is 0.377 e. The van der Waals surface area contributed by atoms with Gasteiger partial charge in [0.15, 0.2) is 0 Å². The lowest BCUT2D eigenvalue weighted by Crippen LogP contribution is -2.30. The maximum Gasteiger partial charge on any atom is 0.222 e. The third kappa shape index (κ3) is 8.23. The maximum atomic E-state index is 11.7. The van der Waals surface area contributed by atoms with Gasteiger partial charge in [0.2, 0.25) is 5.91 Å². The summed E-state index contributed by atoms with van der Waals surface area (Å²) in [6.45, 7) is 8.89. The van der Waals surface area contributed by atoms with Crippen LogP contribution in [0.3, 0.4) is 0 Å². The zero-order chi connectivity index (χ0) is 14.1.